The van der Waals surface area contributed by atoms with Gasteiger partial charge in [0.15, 0.2) is 0 Å². The van der Waals surface area contributed by atoms with Gasteiger partial charge in [-0.15, -0.1) is 0 Å². The molecule has 1 aliphatic carbocycles. The Kier molecular flexibility index (Phi) is 8.53. The third kappa shape index (κ3) is 6.36. The van der Waals surface area contributed by atoms with Crippen LogP contribution in [0.15, 0.2) is 212 Å². The van der Waals surface area contributed by atoms with Crippen molar-refractivity contribution in [3.05, 3.63) is 223 Å². The maximum Gasteiger partial charge on any atom is 0.0540 e. The average molecular weight is 731 g/mol. The largest absolute Gasteiger partial charge is 0.356 e. The fourth-order valence-electron chi connectivity index (χ4n) is 8.63. The molecule has 57 heavy (non-hydrogen) atoms. The van der Waals surface area contributed by atoms with Gasteiger partial charge in [-0.05, 0) is 122 Å². The highest BCUT2D eigenvalue weighted by Crippen LogP contribution is 2.52. The third-order valence-electron chi connectivity index (χ3n) is 11.6. The van der Waals surface area contributed by atoms with Gasteiger partial charge in [-0.3, -0.25) is 0 Å². The molecule has 0 saturated heterocycles. The van der Waals surface area contributed by atoms with E-state index in [1.54, 1.807) is 0 Å². The molecule has 0 amide bonds. The Morgan fingerprint density at radius 2 is 0.860 bits per heavy atom. The summed E-state index contributed by atoms with van der Waals surface area (Å²) in [6.45, 7) is 4.72. The molecule has 9 aromatic rings. The van der Waals surface area contributed by atoms with E-state index in [2.05, 4.69) is 236 Å². The minimum Gasteiger partial charge on any atom is -0.356 e. The molecule has 0 saturated carbocycles. The van der Waals surface area contributed by atoms with Gasteiger partial charge in [0.1, 0.15) is 0 Å². The molecular weight excluding hydrogens is 689 g/mol. The Morgan fingerprint density at radius 3 is 1.58 bits per heavy atom. The zero-order valence-corrected chi connectivity index (χ0v) is 32.2. The summed E-state index contributed by atoms with van der Waals surface area (Å²) >= 11 is 0. The van der Waals surface area contributed by atoms with Crippen LogP contribution in [0.2, 0.25) is 0 Å². The van der Waals surface area contributed by atoms with Crippen LogP contribution in [0.4, 0.5) is 28.4 Å². The molecule has 2 nitrogen and oxygen atoms in total. The van der Waals surface area contributed by atoms with Crippen LogP contribution in [0.5, 0.6) is 0 Å². The molecule has 10 rings (SSSR count). The molecule has 0 atom stereocenters. The predicted octanol–water partition coefficient (Wildman–Crippen LogP) is 15.4. The predicted molar refractivity (Wildman–Crippen MR) is 242 cm³/mol. The number of nitrogens with zero attached hydrogens (tertiary/aromatic N) is 1. The van der Waals surface area contributed by atoms with Crippen molar-refractivity contribution in [1.29, 1.82) is 0 Å². The molecular formula is C55H42N2. The molecule has 2 heteroatoms. The number of fused-ring (bicyclic) bond motifs is 4. The molecule has 0 aliphatic heterocycles. The Morgan fingerprint density at radius 1 is 0.368 bits per heavy atom. The highest BCUT2D eigenvalue weighted by atomic mass is 15.1. The lowest BCUT2D eigenvalue weighted by atomic mass is 9.82. The Bertz CT molecular complexity index is 2870. The minimum absolute atomic E-state index is 0.201. The SMILES string of the molecule is CC1(C)c2cc(Nc3ccc(-c4ccccc4)cc3)ccc2-c2ccc(N(c3ccc(-c4cccc(-c5ccccc5)c4)cc3)c3cccc4ccccc34)cc21. The molecule has 0 spiro atoms. The normalized spacial score (nSPS) is 12.5. The summed E-state index contributed by atoms with van der Waals surface area (Å²) < 4.78 is 0. The second kappa shape index (κ2) is 14.2. The van der Waals surface area contributed by atoms with Crippen molar-refractivity contribution in [2.75, 3.05) is 10.2 Å². The standard InChI is InChI=1S/C55H42N2/c1-55(2)52-36-46(56-45-27-23-40(24-28-45)38-13-5-3-6-14-38)29-33-50(52)51-34-32-48(37-53(51)55)57(54-22-12-18-42-17-9-10-21-49(42)54)47-30-25-41(26-31-47)44-20-11-19-43(35-44)39-15-7-4-8-16-39/h3-37,56H,1-2H3. The van der Waals surface area contributed by atoms with Gasteiger partial charge in [-0.2, -0.15) is 0 Å². The van der Waals surface area contributed by atoms with E-state index in [1.807, 2.05) is 0 Å². The number of benzene rings is 9. The summed E-state index contributed by atoms with van der Waals surface area (Å²) in [5, 5.41) is 6.12. The first kappa shape index (κ1) is 34.3. The number of hydrogen-bond donors (Lipinski definition) is 1. The Balaban J connectivity index is 1.00. The lowest BCUT2D eigenvalue weighted by molar-refractivity contribution is 0.660. The van der Waals surface area contributed by atoms with Crippen molar-refractivity contribution in [2.45, 2.75) is 19.3 Å². The smallest absolute Gasteiger partial charge is 0.0540 e. The fourth-order valence-corrected chi connectivity index (χ4v) is 8.63. The Labute approximate surface area is 335 Å². The lowest BCUT2D eigenvalue weighted by Gasteiger charge is -2.29. The average Bonchev–Trinajstić information content (AvgIpc) is 3.49. The summed E-state index contributed by atoms with van der Waals surface area (Å²) in [5.74, 6) is 0. The quantitative estimate of drug-likeness (QED) is 0.167. The summed E-state index contributed by atoms with van der Waals surface area (Å²) in [5.41, 5.74) is 17.9. The highest BCUT2D eigenvalue weighted by molar-refractivity contribution is 5.99. The lowest BCUT2D eigenvalue weighted by Crippen LogP contribution is -2.17. The van der Waals surface area contributed by atoms with E-state index in [1.165, 1.54) is 66.4 Å². The van der Waals surface area contributed by atoms with Gasteiger partial charge in [-0.25, -0.2) is 0 Å². The van der Waals surface area contributed by atoms with Gasteiger partial charge in [-0.1, -0.05) is 166 Å². The molecule has 0 aromatic heterocycles. The monoisotopic (exact) mass is 730 g/mol. The van der Waals surface area contributed by atoms with E-state index in [9.17, 15) is 0 Å². The number of anilines is 5. The fraction of sp³-hybridized carbons (Fsp3) is 0.0545. The molecule has 0 bridgehead atoms. The molecule has 9 aromatic carbocycles. The highest BCUT2D eigenvalue weighted by Gasteiger charge is 2.36. The van der Waals surface area contributed by atoms with Crippen molar-refractivity contribution < 1.29 is 0 Å². The minimum atomic E-state index is -0.201. The van der Waals surface area contributed by atoms with E-state index in [0.29, 0.717) is 0 Å². The van der Waals surface area contributed by atoms with E-state index < -0.39 is 0 Å². The molecule has 0 heterocycles. The molecule has 1 aliphatic rings. The molecule has 272 valence electrons. The van der Waals surface area contributed by atoms with Crippen LogP contribution in [0.3, 0.4) is 0 Å². The Hall–Kier alpha value is -7.16. The van der Waals surface area contributed by atoms with E-state index in [-0.39, 0.29) is 5.41 Å². The van der Waals surface area contributed by atoms with Crippen LogP contribution in [-0.2, 0) is 5.41 Å². The first-order valence-electron chi connectivity index (χ1n) is 19.8. The van der Waals surface area contributed by atoms with Crippen LogP contribution < -0.4 is 10.2 Å². The van der Waals surface area contributed by atoms with Crippen LogP contribution in [0.25, 0.3) is 55.3 Å². The molecule has 0 fully saturated rings. The van der Waals surface area contributed by atoms with E-state index in [4.69, 9.17) is 0 Å². The zero-order valence-electron chi connectivity index (χ0n) is 32.2. The first-order valence-corrected chi connectivity index (χ1v) is 19.8. The third-order valence-corrected chi connectivity index (χ3v) is 11.6. The summed E-state index contributed by atoms with van der Waals surface area (Å²) in [6, 6.07) is 76.9. The molecule has 0 unspecified atom stereocenters. The maximum atomic E-state index is 3.69. The second-order valence-electron chi connectivity index (χ2n) is 15.5. The summed E-state index contributed by atoms with van der Waals surface area (Å²) in [7, 11) is 0. The molecule has 0 radical (unpaired) electrons. The molecule has 1 N–H and O–H groups in total. The van der Waals surface area contributed by atoms with E-state index in [0.717, 1.165) is 28.4 Å². The summed E-state index contributed by atoms with van der Waals surface area (Å²) in [4.78, 5) is 2.43. The van der Waals surface area contributed by atoms with Gasteiger partial charge >= 0.3 is 0 Å². The van der Waals surface area contributed by atoms with Crippen LogP contribution in [0, 0.1) is 0 Å². The summed E-state index contributed by atoms with van der Waals surface area (Å²) in [6.07, 6.45) is 0. The van der Waals surface area contributed by atoms with Crippen LogP contribution >= 0.6 is 0 Å². The van der Waals surface area contributed by atoms with Gasteiger partial charge in [0.2, 0.25) is 0 Å². The first-order chi connectivity index (χ1) is 28.0. The van der Waals surface area contributed by atoms with Crippen molar-refractivity contribution in [3.63, 3.8) is 0 Å². The van der Waals surface area contributed by atoms with Crippen molar-refractivity contribution in [1.82, 2.24) is 0 Å². The van der Waals surface area contributed by atoms with Crippen molar-refractivity contribution in [2.24, 2.45) is 0 Å². The second-order valence-corrected chi connectivity index (χ2v) is 15.5. The maximum absolute atomic E-state index is 3.69. The van der Waals surface area contributed by atoms with Crippen LogP contribution in [0.1, 0.15) is 25.0 Å². The number of nitrogens with one attached hydrogen (secondary N) is 1. The van der Waals surface area contributed by atoms with Crippen LogP contribution in [-0.4, -0.2) is 0 Å². The van der Waals surface area contributed by atoms with Gasteiger partial charge < -0.3 is 10.2 Å². The number of hydrogen-bond acceptors (Lipinski definition) is 2. The van der Waals surface area contributed by atoms with Gasteiger partial charge in [0, 0.05) is 33.6 Å². The van der Waals surface area contributed by atoms with Gasteiger partial charge in [0.25, 0.3) is 0 Å². The number of rotatable bonds is 8. The van der Waals surface area contributed by atoms with Crippen molar-refractivity contribution >= 4 is 39.2 Å². The van der Waals surface area contributed by atoms with Crippen molar-refractivity contribution in [3.8, 4) is 44.5 Å². The zero-order chi connectivity index (χ0) is 38.3. The topological polar surface area (TPSA) is 15.3 Å². The van der Waals surface area contributed by atoms with Gasteiger partial charge in [0.05, 0.1) is 5.69 Å². The van der Waals surface area contributed by atoms with E-state index >= 15 is 0 Å².